The number of aryl methyl sites for hydroxylation is 1. The van der Waals surface area contributed by atoms with Crippen LogP contribution in [-0.2, 0) is 11.3 Å². The minimum Gasteiger partial charge on any atom is -0.408 e. The van der Waals surface area contributed by atoms with Crippen LogP contribution < -0.4 is 4.90 Å². The lowest BCUT2D eigenvalue weighted by molar-refractivity contribution is -0.116. The lowest BCUT2D eigenvalue weighted by Crippen LogP contribution is -2.59. The quantitative estimate of drug-likeness (QED) is 0.851. The molecule has 1 aromatic carbocycles. The van der Waals surface area contributed by atoms with Gasteiger partial charge in [-0.15, -0.1) is 5.10 Å². The molecule has 1 unspecified atom stereocenters. The van der Waals surface area contributed by atoms with E-state index in [4.69, 9.17) is 9.15 Å². The van der Waals surface area contributed by atoms with Crippen molar-refractivity contribution in [1.29, 1.82) is 0 Å². The predicted molar refractivity (Wildman–Crippen MR) is 90.8 cm³/mol. The van der Waals surface area contributed by atoms with Gasteiger partial charge < -0.3 is 14.1 Å². The molecule has 2 fully saturated rings. The molecule has 1 atom stereocenters. The van der Waals surface area contributed by atoms with Crippen LogP contribution in [0.25, 0.3) is 0 Å². The van der Waals surface area contributed by atoms with Crippen LogP contribution in [0.5, 0.6) is 0 Å². The maximum Gasteiger partial charge on any atom is 0.318 e. The van der Waals surface area contributed by atoms with E-state index < -0.39 is 0 Å². The normalized spacial score (nSPS) is 24.8. The van der Waals surface area contributed by atoms with E-state index >= 15 is 0 Å². The van der Waals surface area contributed by atoms with Crippen molar-refractivity contribution >= 4 is 6.01 Å². The summed E-state index contributed by atoms with van der Waals surface area (Å²) in [5, 5.41) is 8.08. The third-order valence-corrected chi connectivity index (χ3v) is 4.97. The summed E-state index contributed by atoms with van der Waals surface area (Å²) in [4.78, 5) is 4.52. The summed E-state index contributed by atoms with van der Waals surface area (Å²) in [5.74, 6) is 0.386. The van der Waals surface area contributed by atoms with Crippen molar-refractivity contribution < 1.29 is 13.5 Å². The molecule has 25 heavy (non-hydrogen) atoms. The lowest BCUT2D eigenvalue weighted by Gasteiger charge is -2.47. The standard InChI is InChI=1S/C18H23FN4O2/c1-14-20-21-17(25-14)23-8-2-7-18(13-23)12-22(9-10-24-18)11-15-3-5-16(19)6-4-15/h3-6H,2,7-13H2,1H3. The summed E-state index contributed by atoms with van der Waals surface area (Å²) in [7, 11) is 0. The Labute approximate surface area is 146 Å². The van der Waals surface area contributed by atoms with Gasteiger partial charge in [0.1, 0.15) is 5.82 Å². The summed E-state index contributed by atoms with van der Waals surface area (Å²) in [6.45, 7) is 6.73. The highest BCUT2D eigenvalue weighted by atomic mass is 19.1. The van der Waals surface area contributed by atoms with Crippen molar-refractivity contribution in [2.45, 2.75) is 31.9 Å². The molecule has 2 aliphatic rings. The number of hydrogen-bond donors (Lipinski definition) is 0. The van der Waals surface area contributed by atoms with E-state index in [9.17, 15) is 4.39 Å². The van der Waals surface area contributed by atoms with E-state index in [0.29, 0.717) is 18.5 Å². The average molecular weight is 346 g/mol. The number of ether oxygens (including phenoxy) is 1. The molecule has 2 aromatic rings. The van der Waals surface area contributed by atoms with Crippen LogP contribution in [0.4, 0.5) is 10.4 Å². The Kier molecular flexibility index (Phi) is 4.43. The summed E-state index contributed by atoms with van der Waals surface area (Å²) in [6.07, 6.45) is 2.06. The summed E-state index contributed by atoms with van der Waals surface area (Å²) < 4.78 is 24.9. The van der Waals surface area contributed by atoms with Gasteiger partial charge in [0, 0.05) is 33.1 Å². The van der Waals surface area contributed by atoms with Crippen LogP contribution >= 0.6 is 0 Å². The van der Waals surface area contributed by atoms with Crippen LogP contribution in [0.1, 0.15) is 24.3 Å². The minimum atomic E-state index is -0.209. The fraction of sp³-hybridized carbons (Fsp3) is 0.556. The zero-order valence-corrected chi connectivity index (χ0v) is 14.4. The van der Waals surface area contributed by atoms with Gasteiger partial charge in [-0.2, -0.15) is 0 Å². The fourth-order valence-corrected chi connectivity index (χ4v) is 3.83. The average Bonchev–Trinajstić information content (AvgIpc) is 3.04. The number of benzene rings is 1. The van der Waals surface area contributed by atoms with Crippen LogP contribution in [-0.4, -0.2) is 53.5 Å². The van der Waals surface area contributed by atoms with Crippen LogP contribution in [0.2, 0.25) is 0 Å². The highest BCUT2D eigenvalue weighted by molar-refractivity contribution is 5.27. The molecular formula is C18H23FN4O2. The molecule has 3 heterocycles. The van der Waals surface area contributed by atoms with Gasteiger partial charge in [0.2, 0.25) is 5.89 Å². The van der Waals surface area contributed by atoms with Crippen molar-refractivity contribution in [3.05, 3.63) is 41.5 Å². The highest BCUT2D eigenvalue weighted by Gasteiger charge is 2.41. The third kappa shape index (κ3) is 3.67. The Morgan fingerprint density at radius 3 is 2.76 bits per heavy atom. The Balaban J connectivity index is 1.44. The molecule has 2 saturated heterocycles. The molecule has 1 spiro atoms. The van der Waals surface area contributed by atoms with Crippen molar-refractivity contribution in [2.24, 2.45) is 0 Å². The summed E-state index contributed by atoms with van der Waals surface area (Å²) >= 11 is 0. The summed E-state index contributed by atoms with van der Waals surface area (Å²) in [6, 6.07) is 7.32. The number of aromatic nitrogens is 2. The molecule has 7 heteroatoms. The van der Waals surface area contributed by atoms with E-state index in [0.717, 1.165) is 51.1 Å². The van der Waals surface area contributed by atoms with Gasteiger partial charge in [-0.3, -0.25) is 4.90 Å². The van der Waals surface area contributed by atoms with Gasteiger partial charge in [-0.1, -0.05) is 17.2 Å². The molecule has 6 nitrogen and oxygen atoms in total. The number of rotatable bonds is 3. The van der Waals surface area contributed by atoms with Gasteiger partial charge in [0.15, 0.2) is 0 Å². The molecule has 4 rings (SSSR count). The zero-order chi connectivity index (χ0) is 17.3. The van der Waals surface area contributed by atoms with E-state index in [1.165, 1.54) is 12.1 Å². The highest BCUT2D eigenvalue weighted by Crippen LogP contribution is 2.31. The Morgan fingerprint density at radius 1 is 1.16 bits per heavy atom. The van der Waals surface area contributed by atoms with E-state index in [-0.39, 0.29) is 11.4 Å². The predicted octanol–water partition coefficient (Wildman–Crippen LogP) is 2.39. The molecule has 2 aliphatic heterocycles. The van der Waals surface area contributed by atoms with Crippen molar-refractivity contribution in [1.82, 2.24) is 15.1 Å². The fourth-order valence-electron chi connectivity index (χ4n) is 3.83. The second kappa shape index (κ2) is 6.72. The van der Waals surface area contributed by atoms with Gasteiger partial charge in [-0.05, 0) is 30.5 Å². The van der Waals surface area contributed by atoms with Gasteiger partial charge >= 0.3 is 6.01 Å². The molecular weight excluding hydrogens is 323 g/mol. The smallest absolute Gasteiger partial charge is 0.318 e. The number of piperidine rings is 1. The Hall–Kier alpha value is -1.99. The maximum atomic E-state index is 13.1. The van der Waals surface area contributed by atoms with Crippen LogP contribution in [0, 0.1) is 12.7 Å². The minimum absolute atomic E-state index is 0.194. The second-order valence-electron chi connectivity index (χ2n) is 7.00. The van der Waals surface area contributed by atoms with Crippen molar-refractivity contribution in [3.63, 3.8) is 0 Å². The Bertz CT molecular complexity index is 716. The molecule has 134 valence electrons. The molecule has 0 radical (unpaired) electrons. The molecule has 0 bridgehead atoms. The molecule has 0 N–H and O–H groups in total. The monoisotopic (exact) mass is 346 g/mol. The number of hydrogen-bond acceptors (Lipinski definition) is 6. The van der Waals surface area contributed by atoms with Crippen molar-refractivity contribution in [2.75, 3.05) is 37.7 Å². The SMILES string of the molecule is Cc1nnc(N2CCCC3(CN(Cc4ccc(F)cc4)CCO3)C2)o1. The first-order valence-electron chi connectivity index (χ1n) is 8.78. The molecule has 0 saturated carbocycles. The lowest BCUT2D eigenvalue weighted by atomic mass is 9.90. The first-order chi connectivity index (χ1) is 12.1. The number of morpholine rings is 1. The first-order valence-corrected chi connectivity index (χ1v) is 8.78. The largest absolute Gasteiger partial charge is 0.408 e. The van der Waals surface area contributed by atoms with E-state index in [2.05, 4.69) is 20.0 Å². The second-order valence-corrected chi connectivity index (χ2v) is 7.00. The van der Waals surface area contributed by atoms with Gasteiger partial charge in [-0.25, -0.2) is 4.39 Å². The van der Waals surface area contributed by atoms with Crippen LogP contribution in [0.3, 0.4) is 0 Å². The van der Waals surface area contributed by atoms with Crippen molar-refractivity contribution in [3.8, 4) is 0 Å². The Morgan fingerprint density at radius 2 is 2.00 bits per heavy atom. The maximum absolute atomic E-state index is 13.1. The number of anilines is 1. The van der Waals surface area contributed by atoms with Crippen LogP contribution in [0.15, 0.2) is 28.7 Å². The molecule has 0 aliphatic carbocycles. The van der Waals surface area contributed by atoms with Gasteiger partial charge in [0.25, 0.3) is 0 Å². The first kappa shape index (κ1) is 16.5. The number of nitrogens with zero attached hydrogens (tertiary/aromatic N) is 4. The van der Waals surface area contributed by atoms with E-state index in [1.54, 1.807) is 6.92 Å². The topological polar surface area (TPSA) is 54.6 Å². The third-order valence-electron chi connectivity index (χ3n) is 4.97. The molecule has 1 aromatic heterocycles. The molecule has 0 amide bonds. The summed E-state index contributed by atoms with van der Waals surface area (Å²) in [5.41, 5.74) is 0.914. The van der Waals surface area contributed by atoms with Gasteiger partial charge in [0.05, 0.1) is 18.8 Å². The zero-order valence-electron chi connectivity index (χ0n) is 14.4. The number of halogens is 1. The van der Waals surface area contributed by atoms with E-state index in [1.807, 2.05) is 12.1 Å².